The Bertz CT molecular complexity index is 531. The van der Waals surface area contributed by atoms with Gasteiger partial charge in [-0.2, -0.15) is 0 Å². The number of carbonyl (C=O) groups excluding carboxylic acids is 1. The van der Waals surface area contributed by atoms with Crippen LogP contribution in [0.4, 0.5) is 0 Å². The van der Waals surface area contributed by atoms with E-state index in [2.05, 4.69) is 0 Å². The molecule has 4 nitrogen and oxygen atoms in total. The van der Waals surface area contributed by atoms with E-state index in [9.17, 15) is 9.90 Å². The molecule has 16 heavy (non-hydrogen) atoms. The molecule has 2 N–H and O–H groups in total. The molecule has 1 aromatic carbocycles. The minimum atomic E-state index is -1.21. The highest BCUT2D eigenvalue weighted by Crippen LogP contribution is 2.21. The van der Waals surface area contributed by atoms with E-state index in [-0.39, 0.29) is 0 Å². The third kappa shape index (κ3) is 1.79. The lowest BCUT2D eigenvalue weighted by Gasteiger charge is -2.11. The maximum absolute atomic E-state index is 10.6. The summed E-state index contributed by atoms with van der Waals surface area (Å²) in [6, 6.07) is 6.88. The first-order valence-corrected chi connectivity index (χ1v) is 5.09. The highest BCUT2D eigenvalue weighted by atomic mass is 16.4. The summed E-state index contributed by atoms with van der Waals surface area (Å²) in [5.41, 5.74) is 7.49. The van der Waals surface area contributed by atoms with Crippen LogP contribution < -0.4 is 10.8 Å². The van der Waals surface area contributed by atoms with Crippen LogP contribution in [0, 0.1) is 0 Å². The number of nitrogens with zero attached hydrogens (tertiary/aromatic N) is 1. The fourth-order valence-corrected chi connectivity index (χ4v) is 1.91. The van der Waals surface area contributed by atoms with Crippen molar-refractivity contribution in [2.45, 2.75) is 12.5 Å². The van der Waals surface area contributed by atoms with Crippen molar-refractivity contribution in [1.82, 2.24) is 4.57 Å². The lowest BCUT2D eigenvalue weighted by molar-refractivity contribution is -0.307. The van der Waals surface area contributed by atoms with E-state index in [1.807, 2.05) is 42.1 Å². The van der Waals surface area contributed by atoms with E-state index in [1.165, 1.54) is 0 Å². The third-order valence-corrected chi connectivity index (χ3v) is 2.72. The van der Waals surface area contributed by atoms with Crippen LogP contribution >= 0.6 is 0 Å². The van der Waals surface area contributed by atoms with Gasteiger partial charge in [-0.3, -0.25) is 0 Å². The number of aryl methyl sites for hydroxylation is 1. The Morgan fingerprint density at radius 1 is 1.50 bits per heavy atom. The van der Waals surface area contributed by atoms with Crippen molar-refractivity contribution in [1.29, 1.82) is 0 Å². The zero-order chi connectivity index (χ0) is 11.7. The maximum atomic E-state index is 10.6. The van der Waals surface area contributed by atoms with Gasteiger partial charge in [0.25, 0.3) is 0 Å². The summed E-state index contributed by atoms with van der Waals surface area (Å²) in [6.45, 7) is 0. The molecule has 0 saturated carbocycles. The van der Waals surface area contributed by atoms with Crippen LogP contribution in [0.5, 0.6) is 0 Å². The van der Waals surface area contributed by atoms with Gasteiger partial charge >= 0.3 is 0 Å². The lowest BCUT2D eigenvalue weighted by Crippen LogP contribution is -2.43. The Kier molecular flexibility index (Phi) is 2.66. The van der Waals surface area contributed by atoms with Gasteiger partial charge in [-0.1, -0.05) is 18.2 Å². The van der Waals surface area contributed by atoms with Crippen LogP contribution in [0.2, 0.25) is 0 Å². The smallest absolute Gasteiger partial charge is 0.0585 e. The minimum absolute atomic E-state index is 0.295. The molecule has 0 amide bonds. The standard InChI is InChI=1S/C12H14N2O2/c1-14-7-8(6-10(13)12(15)16)9-4-2-3-5-11(9)14/h2-5,7,10H,6,13H2,1H3,(H,15,16)/p-1/t10-/m1/s1. The number of hydrogen-bond donors (Lipinski definition) is 1. The number of para-hydroxylation sites is 1. The zero-order valence-corrected chi connectivity index (χ0v) is 9.01. The lowest BCUT2D eigenvalue weighted by atomic mass is 10.1. The molecule has 0 saturated heterocycles. The van der Waals surface area contributed by atoms with Crippen molar-refractivity contribution in [3.05, 3.63) is 36.0 Å². The maximum Gasteiger partial charge on any atom is 0.0585 e. The molecule has 4 heteroatoms. The fourth-order valence-electron chi connectivity index (χ4n) is 1.91. The van der Waals surface area contributed by atoms with Crippen LogP contribution in [-0.4, -0.2) is 16.6 Å². The second-order valence-corrected chi connectivity index (χ2v) is 3.91. The van der Waals surface area contributed by atoms with E-state index >= 15 is 0 Å². The summed E-state index contributed by atoms with van der Waals surface area (Å²) in [6.07, 6.45) is 2.21. The number of aromatic nitrogens is 1. The van der Waals surface area contributed by atoms with Crippen molar-refractivity contribution < 1.29 is 9.90 Å². The fraction of sp³-hybridized carbons (Fsp3) is 0.250. The molecule has 0 fully saturated rings. The van der Waals surface area contributed by atoms with Crippen LogP contribution in [0.3, 0.4) is 0 Å². The molecule has 0 radical (unpaired) electrons. The Morgan fingerprint density at radius 2 is 2.19 bits per heavy atom. The molecule has 2 aromatic rings. The summed E-state index contributed by atoms with van der Waals surface area (Å²) in [5, 5.41) is 11.6. The average molecular weight is 217 g/mol. The first-order valence-electron chi connectivity index (χ1n) is 5.09. The molecule has 1 atom stereocenters. The van der Waals surface area contributed by atoms with Crippen molar-refractivity contribution in [3.63, 3.8) is 0 Å². The molecule has 2 rings (SSSR count). The topological polar surface area (TPSA) is 71.1 Å². The van der Waals surface area contributed by atoms with Gasteiger partial charge < -0.3 is 20.2 Å². The highest BCUT2D eigenvalue weighted by molar-refractivity contribution is 5.84. The largest absolute Gasteiger partial charge is 0.548 e. The van der Waals surface area contributed by atoms with Gasteiger partial charge in [0, 0.05) is 30.2 Å². The quantitative estimate of drug-likeness (QED) is 0.773. The summed E-state index contributed by atoms with van der Waals surface area (Å²) in [4.78, 5) is 10.6. The van der Waals surface area contributed by atoms with E-state index in [0.29, 0.717) is 6.42 Å². The molecule has 0 aliphatic heterocycles. The number of benzene rings is 1. The number of nitrogens with two attached hydrogens (primary N) is 1. The van der Waals surface area contributed by atoms with Gasteiger partial charge in [0.05, 0.1) is 5.97 Å². The van der Waals surface area contributed by atoms with Crippen LogP contribution in [0.25, 0.3) is 10.9 Å². The Hall–Kier alpha value is -1.81. The van der Waals surface area contributed by atoms with Gasteiger partial charge in [0.2, 0.25) is 0 Å². The number of carbonyl (C=O) groups is 1. The van der Waals surface area contributed by atoms with E-state index in [4.69, 9.17) is 5.73 Å². The van der Waals surface area contributed by atoms with Gasteiger partial charge in [0.1, 0.15) is 0 Å². The predicted octanol–water partition coefficient (Wildman–Crippen LogP) is -0.202. The number of fused-ring (bicyclic) bond motifs is 1. The molecule has 0 bridgehead atoms. The summed E-state index contributed by atoms with van der Waals surface area (Å²) in [7, 11) is 1.93. The van der Waals surface area contributed by atoms with E-state index in [1.54, 1.807) is 0 Å². The number of aliphatic carboxylic acids is 1. The number of rotatable bonds is 3. The predicted molar refractivity (Wildman–Crippen MR) is 59.6 cm³/mol. The molecule has 1 aromatic heterocycles. The van der Waals surface area contributed by atoms with Crippen molar-refractivity contribution in [2.75, 3.05) is 0 Å². The van der Waals surface area contributed by atoms with Gasteiger partial charge in [-0.05, 0) is 18.1 Å². The summed E-state index contributed by atoms with van der Waals surface area (Å²) < 4.78 is 1.96. The summed E-state index contributed by atoms with van der Waals surface area (Å²) in [5.74, 6) is -1.21. The van der Waals surface area contributed by atoms with Crippen molar-refractivity contribution in [3.8, 4) is 0 Å². The number of hydrogen-bond acceptors (Lipinski definition) is 3. The SMILES string of the molecule is Cn1cc(C[C@@H](N)C(=O)[O-])c2ccccc21. The van der Waals surface area contributed by atoms with Gasteiger partial charge in [0.15, 0.2) is 0 Å². The molecule has 0 spiro atoms. The van der Waals surface area contributed by atoms with Crippen LogP contribution in [-0.2, 0) is 18.3 Å². The van der Waals surface area contributed by atoms with Gasteiger partial charge in [-0.25, -0.2) is 0 Å². The molecule has 0 aliphatic rings. The molecule has 0 aliphatic carbocycles. The zero-order valence-electron chi connectivity index (χ0n) is 9.01. The monoisotopic (exact) mass is 217 g/mol. The Labute approximate surface area is 93.3 Å². The molecule has 1 heterocycles. The van der Waals surface area contributed by atoms with E-state index < -0.39 is 12.0 Å². The van der Waals surface area contributed by atoms with E-state index in [0.717, 1.165) is 16.5 Å². The first-order chi connectivity index (χ1) is 7.59. The van der Waals surface area contributed by atoms with Crippen molar-refractivity contribution >= 4 is 16.9 Å². The molecular formula is C12H13N2O2-. The number of carboxylic acids is 1. The minimum Gasteiger partial charge on any atom is -0.548 e. The Morgan fingerprint density at radius 3 is 2.88 bits per heavy atom. The van der Waals surface area contributed by atoms with Gasteiger partial charge in [-0.15, -0.1) is 0 Å². The molecular weight excluding hydrogens is 204 g/mol. The Balaban J connectivity index is 2.42. The number of carboxylic acid groups (broad SMARTS) is 1. The second kappa shape index (κ2) is 3.98. The molecule has 0 unspecified atom stereocenters. The van der Waals surface area contributed by atoms with Crippen LogP contribution in [0.15, 0.2) is 30.5 Å². The summed E-state index contributed by atoms with van der Waals surface area (Å²) >= 11 is 0. The highest BCUT2D eigenvalue weighted by Gasteiger charge is 2.10. The van der Waals surface area contributed by atoms with Crippen molar-refractivity contribution in [2.24, 2.45) is 12.8 Å². The normalized spacial score (nSPS) is 12.9. The molecule has 84 valence electrons. The second-order valence-electron chi connectivity index (χ2n) is 3.91. The third-order valence-electron chi connectivity index (χ3n) is 2.72. The van der Waals surface area contributed by atoms with Crippen LogP contribution in [0.1, 0.15) is 5.56 Å². The first kappa shape index (κ1) is 10.7. The average Bonchev–Trinajstić information content (AvgIpc) is 2.57.